The average molecular weight is 484 g/mol. The number of amides is 3. The summed E-state index contributed by atoms with van der Waals surface area (Å²) in [6.45, 7) is 0.803. The number of hydrogen-bond acceptors (Lipinski definition) is 5. The van der Waals surface area contributed by atoms with E-state index in [1.54, 1.807) is 27.9 Å². The first-order valence-electron chi connectivity index (χ1n) is 11.7. The predicted octanol–water partition coefficient (Wildman–Crippen LogP) is 3.45. The van der Waals surface area contributed by atoms with Crippen molar-refractivity contribution in [2.45, 2.75) is 12.8 Å². The summed E-state index contributed by atoms with van der Waals surface area (Å²) >= 11 is 0. The molecule has 1 saturated heterocycles. The van der Waals surface area contributed by atoms with Crippen molar-refractivity contribution in [3.05, 3.63) is 96.6 Å². The van der Waals surface area contributed by atoms with Crippen LogP contribution in [0, 0.1) is 5.92 Å². The number of aromatic nitrogens is 2. The van der Waals surface area contributed by atoms with Crippen LogP contribution in [0.15, 0.2) is 89.7 Å². The van der Waals surface area contributed by atoms with Gasteiger partial charge in [-0.15, -0.1) is 0 Å². The van der Waals surface area contributed by atoms with Crippen molar-refractivity contribution in [2.24, 2.45) is 5.92 Å². The van der Waals surface area contributed by atoms with Crippen LogP contribution in [0.25, 0.3) is 16.9 Å². The molecule has 4 aromatic rings. The summed E-state index contributed by atoms with van der Waals surface area (Å²) in [4.78, 5) is 40.2. The normalized spacial score (nSPS) is 15.3. The van der Waals surface area contributed by atoms with Gasteiger partial charge in [-0.1, -0.05) is 48.5 Å². The van der Waals surface area contributed by atoms with Crippen molar-refractivity contribution in [3.63, 3.8) is 0 Å². The molecular weight excluding hydrogens is 458 g/mol. The summed E-state index contributed by atoms with van der Waals surface area (Å²) in [5.41, 5.74) is 7.47. The highest BCUT2D eigenvalue weighted by molar-refractivity contribution is 6.00. The highest BCUT2D eigenvalue weighted by Gasteiger charge is 2.30. The van der Waals surface area contributed by atoms with Gasteiger partial charge >= 0.3 is 0 Å². The number of carbonyl (C=O) groups is 3. The third kappa shape index (κ3) is 4.90. The summed E-state index contributed by atoms with van der Waals surface area (Å²) in [7, 11) is 0. The molecule has 3 amide bonds. The number of furan rings is 1. The Morgan fingerprint density at radius 2 is 1.67 bits per heavy atom. The number of rotatable bonds is 5. The van der Waals surface area contributed by atoms with Crippen molar-refractivity contribution >= 4 is 17.7 Å². The molecule has 2 N–H and O–H groups in total. The van der Waals surface area contributed by atoms with Gasteiger partial charge in [-0.05, 0) is 37.1 Å². The molecule has 0 aliphatic carbocycles. The SMILES string of the molecule is O=C(NNC(=O)C1CCCN(C(=O)c2ccco2)C1)c1cn(-c2ccccc2)nc1-c1ccccc1. The van der Waals surface area contributed by atoms with E-state index < -0.39 is 11.8 Å². The Kier molecular flexibility index (Phi) is 6.61. The maximum Gasteiger partial charge on any atom is 0.289 e. The smallest absolute Gasteiger partial charge is 0.289 e. The second kappa shape index (κ2) is 10.3. The van der Waals surface area contributed by atoms with Crippen LogP contribution in [-0.4, -0.2) is 45.5 Å². The van der Waals surface area contributed by atoms with Gasteiger partial charge < -0.3 is 9.32 Å². The van der Waals surface area contributed by atoms with Crippen molar-refractivity contribution < 1.29 is 18.8 Å². The number of likely N-dealkylation sites (tertiary alicyclic amines) is 1. The van der Waals surface area contributed by atoms with E-state index >= 15 is 0 Å². The number of para-hydroxylation sites is 1. The molecule has 2 aromatic heterocycles. The zero-order valence-electron chi connectivity index (χ0n) is 19.5. The maximum atomic E-state index is 13.1. The van der Waals surface area contributed by atoms with Crippen molar-refractivity contribution in [3.8, 4) is 16.9 Å². The topological polar surface area (TPSA) is 109 Å². The number of nitrogens with zero attached hydrogens (tertiary/aromatic N) is 3. The summed E-state index contributed by atoms with van der Waals surface area (Å²) in [6, 6.07) is 22.1. The zero-order valence-corrected chi connectivity index (χ0v) is 19.5. The van der Waals surface area contributed by atoms with Crippen molar-refractivity contribution in [1.29, 1.82) is 0 Å². The monoisotopic (exact) mass is 483 g/mol. The third-order valence-electron chi connectivity index (χ3n) is 6.14. The molecule has 36 heavy (non-hydrogen) atoms. The van der Waals surface area contributed by atoms with Gasteiger partial charge in [-0.3, -0.25) is 25.2 Å². The van der Waals surface area contributed by atoms with E-state index in [0.717, 1.165) is 11.3 Å². The molecule has 2 aromatic carbocycles. The van der Waals surface area contributed by atoms with Gasteiger partial charge in [0.2, 0.25) is 5.91 Å². The van der Waals surface area contributed by atoms with E-state index in [2.05, 4.69) is 16.0 Å². The van der Waals surface area contributed by atoms with Gasteiger partial charge in [-0.2, -0.15) is 5.10 Å². The number of benzene rings is 2. The summed E-state index contributed by atoms with van der Waals surface area (Å²) in [5.74, 6) is -1.28. The fourth-order valence-corrected chi connectivity index (χ4v) is 4.28. The van der Waals surface area contributed by atoms with Crippen molar-refractivity contribution in [1.82, 2.24) is 25.5 Å². The molecule has 1 aliphatic heterocycles. The van der Waals surface area contributed by atoms with Crippen LogP contribution in [0.4, 0.5) is 0 Å². The van der Waals surface area contributed by atoms with Crippen molar-refractivity contribution in [2.75, 3.05) is 13.1 Å². The van der Waals surface area contributed by atoms with E-state index in [4.69, 9.17) is 4.42 Å². The van der Waals surface area contributed by atoms with Crippen LogP contribution < -0.4 is 10.9 Å². The van der Waals surface area contributed by atoms with Gasteiger partial charge in [0.15, 0.2) is 5.76 Å². The van der Waals surface area contributed by atoms with Gasteiger partial charge in [0, 0.05) is 24.8 Å². The Morgan fingerprint density at radius 1 is 0.917 bits per heavy atom. The number of hydrogen-bond donors (Lipinski definition) is 2. The highest BCUT2D eigenvalue weighted by atomic mass is 16.3. The van der Waals surface area contributed by atoms with E-state index in [0.29, 0.717) is 30.6 Å². The minimum absolute atomic E-state index is 0.244. The van der Waals surface area contributed by atoms with E-state index in [-0.39, 0.29) is 24.1 Å². The molecule has 1 unspecified atom stereocenters. The second-order valence-corrected chi connectivity index (χ2v) is 8.55. The van der Waals surface area contributed by atoms with Crippen LogP contribution >= 0.6 is 0 Å². The minimum atomic E-state index is -0.483. The molecule has 9 nitrogen and oxygen atoms in total. The lowest BCUT2D eigenvalue weighted by Crippen LogP contribution is -2.50. The first-order valence-corrected chi connectivity index (χ1v) is 11.7. The van der Waals surface area contributed by atoms with Crippen LogP contribution in [0.1, 0.15) is 33.8 Å². The molecule has 5 rings (SSSR count). The molecule has 1 atom stereocenters. The standard InChI is InChI=1S/C27H25N5O4/c33-25(20-11-7-15-31(17-20)27(35)23-14-8-16-36-23)28-29-26(34)22-18-32(21-12-5-2-6-13-21)30-24(22)19-9-3-1-4-10-19/h1-6,8-10,12-14,16,18,20H,7,11,15,17H2,(H,28,33)(H,29,34). The number of hydrazine groups is 1. The van der Waals surface area contributed by atoms with Crippen LogP contribution in [-0.2, 0) is 4.79 Å². The summed E-state index contributed by atoms with van der Waals surface area (Å²) in [5, 5.41) is 4.63. The van der Waals surface area contributed by atoms with Gasteiger partial charge in [0.25, 0.3) is 11.8 Å². The lowest BCUT2D eigenvalue weighted by atomic mass is 9.97. The highest BCUT2D eigenvalue weighted by Crippen LogP contribution is 2.24. The minimum Gasteiger partial charge on any atom is -0.459 e. The Bertz CT molecular complexity index is 1350. The Labute approximate surface area is 207 Å². The maximum absolute atomic E-state index is 13.1. The number of carbonyl (C=O) groups excluding carboxylic acids is 3. The lowest BCUT2D eigenvalue weighted by molar-refractivity contribution is -0.127. The van der Waals surface area contributed by atoms with Crippen LogP contribution in [0.2, 0.25) is 0 Å². The molecule has 3 heterocycles. The molecule has 182 valence electrons. The van der Waals surface area contributed by atoms with E-state index in [9.17, 15) is 14.4 Å². The quantitative estimate of drug-likeness (QED) is 0.423. The summed E-state index contributed by atoms with van der Waals surface area (Å²) in [6.07, 6.45) is 4.38. The molecule has 1 aliphatic rings. The molecule has 9 heteroatoms. The number of nitrogens with one attached hydrogen (secondary N) is 2. The molecular formula is C27H25N5O4. The van der Waals surface area contributed by atoms with E-state index in [1.807, 2.05) is 60.7 Å². The average Bonchev–Trinajstić information content (AvgIpc) is 3.63. The first-order chi connectivity index (χ1) is 17.6. The molecule has 0 radical (unpaired) electrons. The molecule has 0 spiro atoms. The molecule has 0 bridgehead atoms. The Hall–Kier alpha value is -4.66. The van der Waals surface area contributed by atoms with Crippen LogP contribution in [0.3, 0.4) is 0 Å². The third-order valence-corrected chi connectivity index (χ3v) is 6.14. The second-order valence-electron chi connectivity index (χ2n) is 8.55. The Morgan fingerprint density at radius 3 is 2.39 bits per heavy atom. The van der Waals surface area contributed by atoms with Crippen LogP contribution in [0.5, 0.6) is 0 Å². The predicted molar refractivity (Wildman–Crippen MR) is 132 cm³/mol. The van der Waals surface area contributed by atoms with E-state index in [1.165, 1.54) is 6.26 Å². The van der Waals surface area contributed by atoms with Gasteiger partial charge in [0.1, 0.15) is 5.69 Å². The summed E-state index contributed by atoms with van der Waals surface area (Å²) < 4.78 is 6.83. The lowest BCUT2D eigenvalue weighted by Gasteiger charge is -2.31. The molecule has 1 fully saturated rings. The largest absolute Gasteiger partial charge is 0.459 e. The fourth-order valence-electron chi connectivity index (χ4n) is 4.28. The molecule has 0 saturated carbocycles. The number of piperidine rings is 1. The fraction of sp³-hybridized carbons (Fsp3) is 0.185. The first kappa shape index (κ1) is 23.1. The van der Waals surface area contributed by atoms with Gasteiger partial charge in [0.05, 0.1) is 23.4 Å². The Balaban J connectivity index is 1.29. The van der Waals surface area contributed by atoms with Gasteiger partial charge in [-0.25, -0.2) is 4.68 Å². The zero-order chi connectivity index (χ0) is 24.9.